The van der Waals surface area contributed by atoms with Gasteiger partial charge in [-0.2, -0.15) is 0 Å². The van der Waals surface area contributed by atoms with Crippen molar-refractivity contribution >= 4 is 55.3 Å². The van der Waals surface area contributed by atoms with Crippen LogP contribution in [-0.2, 0) is 14.8 Å². The fourth-order valence-corrected chi connectivity index (χ4v) is 6.85. The van der Waals surface area contributed by atoms with Crippen molar-refractivity contribution in [3.05, 3.63) is 64.3 Å². The Morgan fingerprint density at radius 1 is 1.18 bits per heavy atom. The molecular formula is C25H22ClN3O7S2. The number of ketones is 2. The molecule has 5 rings (SSSR count). The van der Waals surface area contributed by atoms with Crippen LogP contribution in [0.3, 0.4) is 0 Å². The molecule has 3 aromatic rings. The second kappa shape index (κ2) is 9.61. The van der Waals surface area contributed by atoms with Crippen LogP contribution in [0.25, 0.3) is 0 Å². The topological polar surface area (TPSA) is 133 Å². The van der Waals surface area contributed by atoms with Crippen molar-refractivity contribution in [3.8, 4) is 17.2 Å². The Kier molecular flexibility index (Phi) is 6.58. The maximum atomic E-state index is 13.7. The summed E-state index contributed by atoms with van der Waals surface area (Å²) in [5, 5.41) is 5.00. The number of para-hydroxylation sites is 1. The maximum absolute atomic E-state index is 13.7. The number of nitrogens with zero attached hydrogens (tertiary/aromatic N) is 1. The number of sulfonamides is 1. The van der Waals surface area contributed by atoms with E-state index in [0.29, 0.717) is 5.70 Å². The first-order valence-electron chi connectivity index (χ1n) is 11.3. The monoisotopic (exact) mass is 575 g/mol. The van der Waals surface area contributed by atoms with Crippen molar-refractivity contribution < 1.29 is 32.2 Å². The highest BCUT2D eigenvalue weighted by Gasteiger charge is 2.60. The van der Waals surface area contributed by atoms with Gasteiger partial charge in [-0.15, -0.1) is 11.3 Å². The number of hydrogen-bond acceptors (Lipinski definition) is 10. The third-order valence-corrected chi connectivity index (χ3v) is 9.01. The summed E-state index contributed by atoms with van der Waals surface area (Å²) < 4.78 is 45.2. The summed E-state index contributed by atoms with van der Waals surface area (Å²) >= 11 is 7.58. The van der Waals surface area contributed by atoms with E-state index in [2.05, 4.69) is 15.0 Å². The van der Waals surface area contributed by atoms with Crippen molar-refractivity contribution in [2.24, 2.45) is 5.92 Å². The Balaban J connectivity index is 1.47. The first kappa shape index (κ1) is 26.0. The highest BCUT2D eigenvalue weighted by Crippen LogP contribution is 2.53. The third-order valence-electron chi connectivity index (χ3n) is 6.44. The molecule has 0 saturated heterocycles. The molecule has 0 saturated carbocycles. The lowest BCUT2D eigenvalue weighted by molar-refractivity contribution is -0.129. The number of ether oxygens (including phenoxy) is 3. The molecule has 2 atom stereocenters. The number of carbonyl (C=O) groups excluding carboxylic acids is 2. The van der Waals surface area contributed by atoms with Crippen LogP contribution in [0.5, 0.6) is 17.2 Å². The van der Waals surface area contributed by atoms with E-state index in [1.54, 1.807) is 30.5 Å². The predicted molar refractivity (Wildman–Crippen MR) is 142 cm³/mol. The van der Waals surface area contributed by atoms with E-state index < -0.39 is 33.1 Å². The third kappa shape index (κ3) is 4.08. The number of thiazole rings is 1. The van der Waals surface area contributed by atoms with Gasteiger partial charge in [0.1, 0.15) is 27.0 Å². The molecule has 38 heavy (non-hydrogen) atoms. The summed E-state index contributed by atoms with van der Waals surface area (Å²) in [5.41, 5.74) is -1.08. The second-order valence-electron chi connectivity index (χ2n) is 8.67. The summed E-state index contributed by atoms with van der Waals surface area (Å²) in [6.45, 7) is 1.71. The van der Waals surface area contributed by atoms with Crippen LogP contribution >= 0.6 is 22.9 Å². The molecule has 0 bridgehead atoms. The maximum Gasteiger partial charge on any atom is 0.265 e. The molecule has 0 radical (unpaired) electrons. The van der Waals surface area contributed by atoms with Crippen molar-refractivity contribution in [1.82, 2.24) is 4.98 Å². The Labute approximate surface area is 227 Å². The SMILES string of the molecule is COc1cc(OC)c2c(c1Cl)OC1(C(=O)C=C(Nc3ccccc3S(=O)(=O)Nc3nccs3)CC1C)C2=O. The van der Waals surface area contributed by atoms with Gasteiger partial charge in [0.25, 0.3) is 10.0 Å². The number of benzene rings is 2. The molecule has 198 valence electrons. The Bertz CT molecular complexity index is 1590. The molecule has 2 N–H and O–H groups in total. The molecule has 0 amide bonds. The van der Waals surface area contributed by atoms with Crippen LogP contribution in [0.2, 0.25) is 5.02 Å². The van der Waals surface area contributed by atoms with Crippen LogP contribution in [0.4, 0.5) is 10.8 Å². The lowest BCUT2D eigenvalue weighted by Gasteiger charge is -2.35. The quantitative estimate of drug-likeness (QED) is 0.390. The Hall–Kier alpha value is -3.61. The van der Waals surface area contributed by atoms with E-state index in [-0.39, 0.29) is 50.0 Å². The molecule has 2 heterocycles. The van der Waals surface area contributed by atoms with Gasteiger partial charge in [-0.25, -0.2) is 13.4 Å². The van der Waals surface area contributed by atoms with Gasteiger partial charge in [0.2, 0.25) is 17.2 Å². The largest absolute Gasteiger partial charge is 0.496 e. The Morgan fingerprint density at radius 3 is 2.58 bits per heavy atom. The summed E-state index contributed by atoms with van der Waals surface area (Å²) in [6, 6.07) is 7.76. The van der Waals surface area contributed by atoms with Gasteiger partial charge in [0.05, 0.1) is 19.9 Å². The van der Waals surface area contributed by atoms with Gasteiger partial charge >= 0.3 is 0 Å². The van der Waals surface area contributed by atoms with E-state index >= 15 is 0 Å². The first-order valence-corrected chi connectivity index (χ1v) is 14.1. The average Bonchev–Trinajstić information content (AvgIpc) is 3.50. The fraction of sp³-hybridized carbons (Fsp3) is 0.240. The van der Waals surface area contributed by atoms with Crippen molar-refractivity contribution in [1.29, 1.82) is 0 Å². The molecule has 13 heteroatoms. The van der Waals surface area contributed by atoms with E-state index in [1.807, 2.05) is 0 Å². The van der Waals surface area contributed by atoms with Gasteiger partial charge in [-0.1, -0.05) is 30.7 Å². The zero-order valence-electron chi connectivity index (χ0n) is 20.4. The van der Waals surface area contributed by atoms with Crippen LogP contribution in [0.15, 0.2) is 58.6 Å². The summed E-state index contributed by atoms with van der Waals surface area (Å²) in [6.07, 6.45) is 2.96. The number of aromatic nitrogens is 1. The molecule has 1 aliphatic carbocycles. The van der Waals surface area contributed by atoms with E-state index in [9.17, 15) is 18.0 Å². The molecular weight excluding hydrogens is 554 g/mol. The number of fused-ring (bicyclic) bond motifs is 1. The second-order valence-corrected chi connectivity index (χ2v) is 11.6. The predicted octanol–water partition coefficient (Wildman–Crippen LogP) is 4.53. The number of rotatable bonds is 7. The standard InChI is InChI=1S/C25H22ClN3O7S2/c1-13-10-14(28-15-6-4-5-7-18(15)38(32,33)29-24-27-8-9-37-24)11-19(30)25(13)23(31)20-16(34-2)12-17(35-3)21(26)22(20)36-25/h4-9,11-13,28H,10H2,1-3H3,(H,27,29). The van der Waals surface area contributed by atoms with E-state index in [0.717, 1.165) is 11.3 Å². The normalized spacial score (nSPS) is 20.5. The smallest absolute Gasteiger partial charge is 0.265 e. The number of nitrogens with one attached hydrogen (secondary N) is 2. The molecule has 1 spiro atoms. The van der Waals surface area contributed by atoms with Crippen molar-refractivity contribution in [2.75, 3.05) is 24.3 Å². The molecule has 10 nitrogen and oxygen atoms in total. The number of anilines is 2. The van der Waals surface area contributed by atoms with Crippen molar-refractivity contribution in [2.45, 2.75) is 23.8 Å². The zero-order chi connectivity index (χ0) is 27.2. The first-order chi connectivity index (χ1) is 18.1. The lowest BCUT2D eigenvalue weighted by Crippen LogP contribution is -2.55. The minimum absolute atomic E-state index is 0.0271. The number of allylic oxidation sites excluding steroid dienone is 1. The van der Waals surface area contributed by atoms with Gasteiger partial charge in [-0.05, 0) is 18.6 Å². The highest BCUT2D eigenvalue weighted by molar-refractivity contribution is 7.93. The number of halogens is 1. The summed E-state index contributed by atoms with van der Waals surface area (Å²) in [5.74, 6) is -1.34. The van der Waals surface area contributed by atoms with Gasteiger partial charge < -0.3 is 19.5 Å². The molecule has 2 aliphatic rings. The lowest BCUT2D eigenvalue weighted by atomic mass is 9.74. The summed E-state index contributed by atoms with van der Waals surface area (Å²) in [7, 11) is -1.17. The molecule has 0 fully saturated rings. The van der Waals surface area contributed by atoms with Gasteiger partial charge in [0.15, 0.2) is 10.9 Å². The zero-order valence-corrected chi connectivity index (χ0v) is 22.8. The molecule has 1 aliphatic heterocycles. The minimum Gasteiger partial charge on any atom is -0.496 e. The number of Topliss-reactive ketones (excluding diaryl/α,β-unsaturated/α-hetero) is 1. The number of methoxy groups -OCH3 is 2. The number of carbonyl (C=O) groups is 2. The van der Waals surface area contributed by atoms with Crippen LogP contribution < -0.4 is 24.2 Å². The van der Waals surface area contributed by atoms with E-state index in [4.69, 9.17) is 25.8 Å². The molecule has 2 aromatic carbocycles. The molecule has 1 aromatic heterocycles. The van der Waals surface area contributed by atoms with Gasteiger partial charge in [0, 0.05) is 35.3 Å². The molecule has 2 unspecified atom stereocenters. The van der Waals surface area contributed by atoms with Crippen LogP contribution in [0.1, 0.15) is 23.7 Å². The Morgan fingerprint density at radius 2 is 1.92 bits per heavy atom. The van der Waals surface area contributed by atoms with E-state index in [1.165, 1.54) is 38.6 Å². The fourth-order valence-electron chi connectivity index (χ4n) is 4.64. The minimum atomic E-state index is -3.97. The summed E-state index contributed by atoms with van der Waals surface area (Å²) in [4.78, 5) is 31.2. The highest BCUT2D eigenvalue weighted by atomic mass is 35.5. The van der Waals surface area contributed by atoms with Crippen molar-refractivity contribution in [3.63, 3.8) is 0 Å². The van der Waals surface area contributed by atoms with Gasteiger partial charge in [-0.3, -0.25) is 14.3 Å². The number of hydrogen-bond donors (Lipinski definition) is 2. The van der Waals surface area contributed by atoms with Crippen LogP contribution in [-0.4, -0.2) is 44.8 Å². The average molecular weight is 576 g/mol. The van der Waals surface area contributed by atoms with Crippen LogP contribution in [0, 0.1) is 5.92 Å².